The Morgan fingerprint density at radius 1 is 1.24 bits per heavy atom. The maximum Gasteiger partial charge on any atom is 0.275 e. The maximum absolute atomic E-state index is 12.6. The van der Waals surface area contributed by atoms with Crippen LogP contribution in [0.1, 0.15) is 92.5 Å². The van der Waals surface area contributed by atoms with Gasteiger partial charge in [0, 0.05) is 25.0 Å². The Morgan fingerprint density at radius 3 is 2.71 bits per heavy atom. The maximum atomic E-state index is 12.6. The van der Waals surface area contributed by atoms with Gasteiger partial charge in [0.05, 0.1) is 6.20 Å². The summed E-state index contributed by atoms with van der Waals surface area (Å²) < 4.78 is 1.56. The van der Waals surface area contributed by atoms with Crippen molar-refractivity contribution < 1.29 is 9.90 Å². The van der Waals surface area contributed by atoms with E-state index in [1.165, 1.54) is 30.2 Å². The molecule has 1 amide bonds. The van der Waals surface area contributed by atoms with Gasteiger partial charge in [-0.05, 0) is 68.6 Å². The highest BCUT2D eigenvalue weighted by molar-refractivity contribution is 5.92. The number of hydrogen-bond acceptors (Lipinski definition) is 5. The Hall–Kier alpha value is -2.96. The summed E-state index contributed by atoms with van der Waals surface area (Å²) in [4.78, 5) is 29.2. The van der Waals surface area contributed by atoms with Gasteiger partial charge >= 0.3 is 0 Å². The molecule has 1 aliphatic rings. The van der Waals surface area contributed by atoms with Gasteiger partial charge < -0.3 is 10.4 Å². The minimum atomic E-state index is -0.713. The number of amides is 1. The summed E-state index contributed by atoms with van der Waals surface area (Å²) in [6.45, 7) is 7.31. The molecule has 1 fully saturated rings. The standard InChI is InChI=1S/C27H38N4O3/c1-4-11-22-20(2)28-17-13-21(22)12-7-5-6-10-16-29-26(34)24-25(33)23(32)18-31(30-24)19-27(3)14-8-9-15-27/h4,11,13,17-18,32H,5-10,12,14-16,19H2,1-3H3,(H,29,34)/b11-4-. The van der Waals surface area contributed by atoms with Crippen LogP contribution in [0.15, 0.2) is 29.3 Å². The number of aromatic nitrogens is 3. The molecule has 2 N–H and O–H groups in total. The lowest BCUT2D eigenvalue weighted by Gasteiger charge is -2.24. The third-order valence-corrected chi connectivity index (χ3v) is 6.79. The molecule has 7 nitrogen and oxygen atoms in total. The fraction of sp³-hybridized carbons (Fsp3) is 0.556. The van der Waals surface area contributed by atoms with Crippen LogP contribution in [0.5, 0.6) is 5.75 Å². The molecule has 2 heterocycles. The number of nitrogens with zero attached hydrogens (tertiary/aromatic N) is 3. The van der Waals surface area contributed by atoms with Gasteiger partial charge in [-0.2, -0.15) is 5.10 Å². The molecule has 0 atom stereocenters. The summed E-state index contributed by atoms with van der Waals surface area (Å²) in [6.07, 6.45) is 16.8. The highest BCUT2D eigenvalue weighted by Gasteiger charge is 2.30. The SMILES string of the molecule is C/C=C\c1c(CCCCCCNC(=O)c2nn(CC3(C)CCCC3)cc(O)c2=O)ccnc1C. The number of carbonyl (C=O) groups excluding carboxylic acids is 1. The van der Waals surface area contributed by atoms with Crippen molar-refractivity contribution in [2.45, 2.75) is 85.1 Å². The molecule has 0 aliphatic heterocycles. The molecule has 0 unspecified atom stereocenters. The van der Waals surface area contributed by atoms with E-state index in [1.807, 2.05) is 26.1 Å². The number of unbranched alkanes of at least 4 members (excludes halogenated alkanes) is 3. The first-order valence-electron chi connectivity index (χ1n) is 12.5. The number of aryl methyl sites for hydroxylation is 2. The van der Waals surface area contributed by atoms with E-state index in [0.717, 1.165) is 50.6 Å². The number of pyridine rings is 1. The molecule has 7 heteroatoms. The first-order chi connectivity index (χ1) is 16.3. The molecule has 0 radical (unpaired) electrons. The number of allylic oxidation sites excluding steroid dienone is 1. The van der Waals surface area contributed by atoms with Crippen molar-refractivity contribution in [1.82, 2.24) is 20.1 Å². The van der Waals surface area contributed by atoms with Gasteiger partial charge in [0.25, 0.3) is 11.3 Å². The van der Waals surface area contributed by atoms with Crippen molar-refractivity contribution in [3.8, 4) is 5.75 Å². The second-order valence-electron chi connectivity index (χ2n) is 9.80. The summed E-state index contributed by atoms with van der Waals surface area (Å²) in [7, 11) is 0. The molecule has 1 aliphatic carbocycles. The molecule has 0 saturated heterocycles. The van der Waals surface area contributed by atoms with Gasteiger partial charge in [0.1, 0.15) is 0 Å². The third-order valence-electron chi connectivity index (χ3n) is 6.79. The number of carbonyl (C=O) groups is 1. The van der Waals surface area contributed by atoms with E-state index in [-0.39, 0.29) is 11.1 Å². The zero-order valence-electron chi connectivity index (χ0n) is 20.8. The van der Waals surface area contributed by atoms with Crippen LogP contribution in [-0.4, -0.2) is 32.3 Å². The molecule has 3 rings (SSSR count). The molecule has 0 spiro atoms. The Morgan fingerprint density at radius 2 is 1.97 bits per heavy atom. The summed E-state index contributed by atoms with van der Waals surface area (Å²) >= 11 is 0. The van der Waals surface area contributed by atoms with Crippen LogP contribution < -0.4 is 10.7 Å². The topological polar surface area (TPSA) is 97.1 Å². The normalized spacial score (nSPS) is 15.1. The van der Waals surface area contributed by atoms with E-state index in [2.05, 4.69) is 34.5 Å². The molecule has 1 saturated carbocycles. The zero-order chi connectivity index (χ0) is 24.6. The lowest BCUT2D eigenvalue weighted by Crippen LogP contribution is -2.33. The largest absolute Gasteiger partial charge is 0.503 e. The van der Waals surface area contributed by atoms with E-state index in [0.29, 0.717) is 13.1 Å². The highest BCUT2D eigenvalue weighted by atomic mass is 16.3. The summed E-state index contributed by atoms with van der Waals surface area (Å²) in [5, 5.41) is 17.1. The van der Waals surface area contributed by atoms with Crippen LogP contribution >= 0.6 is 0 Å². The molecule has 0 aromatic carbocycles. The van der Waals surface area contributed by atoms with Crippen LogP contribution in [0, 0.1) is 12.3 Å². The fourth-order valence-electron chi connectivity index (χ4n) is 4.85. The fourth-order valence-corrected chi connectivity index (χ4v) is 4.85. The summed E-state index contributed by atoms with van der Waals surface area (Å²) in [5.41, 5.74) is 2.72. The van der Waals surface area contributed by atoms with Crippen molar-refractivity contribution in [1.29, 1.82) is 0 Å². The van der Waals surface area contributed by atoms with Gasteiger partial charge in [-0.3, -0.25) is 19.3 Å². The second kappa shape index (κ2) is 12.0. The van der Waals surface area contributed by atoms with Crippen molar-refractivity contribution in [3.63, 3.8) is 0 Å². The Kier molecular flexibility index (Phi) is 9.02. The molecule has 34 heavy (non-hydrogen) atoms. The Labute approximate surface area is 202 Å². The van der Waals surface area contributed by atoms with Crippen LogP contribution in [0.4, 0.5) is 0 Å². The number of hydrogen-bond donors (Lipinski definition) is 2. The molecule has 2 aromatic heterocycles. The molecule has 0 bridgehead atoms. The van der Waals surface area contributed by atoms with Gasteiger partial charge in [0.2, 0.25) is 0 Å². The monoisotopic (exact) mass is 466 g/mol. The van der Waals surface area contributed by atoms with Gasteiger partial charge in [-0.15, -0.1) is 0 Å². The third kappa shape index (κ3) is 6.78. The average molecular weight is 467 g/mol. The molecule has 184 valence electrons. The van der Waals surface area contributed by atoms with E-state index in [9.17, 15) is 14.7 Å². The Bertz CT molecular complexity index is 1070. The van der Waals surface area contributed by atoms with Gasteiger partial charge in [-0.25, -0.2) is 0 Å². The quantitative estimate of drug-likeness (QED) is 0.464. The lowest BCUT2D eigenvalue weighted by atomic mass is 9.89. The zero-order valence-corrected chi connectivity index (χ0v) is 20.8. The Balaban J connectivity index is 1.45. The van der Waals surface area contributed by atoms with E-state index in [4.69, 9.17) is 0 Å². The van der Waals surface area contributed by atoms with E-state index < -0.39 is 17.1 Å². The van der Waals surface area contributed by atoms with E-state index in [1.54, 1.807) is 4.68 Å². The van der Waals surface area contributed by atoms with Gasteiger partial charge in [0.15, 0.2) is 11.4 Å². The van der Waals surface area contributed by atoms with Crippen LogP contribution in [-0.2, 0) is 13.0 Å². The lowest BCUT2D eigenvalue weighted by molar-refractivity contribution is 0.0942. The number of nitrogens with one attached hydrogen (secondary N) is 1. The van der Waals surface area contributed by atoms with Crippen molar-refractivity contribution in [3.05, 3.63) is 57.3 Å². The summed E-state index contributed by atoms with van der Waals surface area (Å²) in [5.74, 6) is -0.945. The number of aromatic hydroxyl groups is 1. The summed E-state index contributed by atoms with van der Waals surface area (Å²) in [6, 6.07) is 2.09. The molecular weight excluding hydrogens is 428 g/mol. The van der Waals surface area contributed by atoms with Crippen LogP contribution in [0.3, 0.4) is 0 Å². The predicted octanol–water partition coefficient (Wildman–Crippen LogP) is 4.80. The first kappa shape index (κ1) is 25.7. The average Bonchev–Trinajstić information content (AvgIpc) is 3.23. The smallest absolute Gasteiger partial charge is 0.275 e. The minimum absolute atomic E-state index is 0.0881. The van der Waals surface area contributed by atoms with Crippen molar-refractivity contribution in [2.24, 2.45) is 5.41 Å². The second-order valence-corrected chi connectivity index (χ2v) is 9.80. The van der Waals surface area contributed by atoms with Crippen LogP contribution in [0.25, 0.3) is 6.08 Å². The highest BCUT2D eigenvalue weighted by Crippen LogP contribution is 2.38. The van der Waals surface area contributed by atoms with Crippen LogP contribution in [0.2, 0.25) is 0 Å². The first-order valence-corrected chi connectivity index (χ1v) is 12.5. The molecule has 2 aromatic rings. The predicted molar refractivity (Wildman–Crippen MR) is 135 cm³/mol. The van der Waals surface area contributed by atoms with Crippen molar-refractivity contribution >= 4 is 12.0 Å². The minimum Gasteiger partial charge on any atom is -0.503 e. The molecular formula is C27H38N4O3. The van der Waals surface area contributed by atoms with Crippen molar-refractivity contribution in [2.75, 3.05) is 6.54 Å². The van der Waals surface area contributed by atoms with E-state index >= 15 is 0 Å². The van der Waals surface area contributed by atoms with Gasteiger partial charge in [-0.1, -0.05) is 44.8 Å². The number of rotatable bonds is 11.